The molecule has 28 heavy (non-hydrogen) atoms. The van der Waals surface area contributed by atoms with Crippen molar-refractivity contribution in [2.24, 2.45) is 5.73 Å². The van der Waals surface area contributed by atoms with E-state index in [0.717, 1.165) is 5.56 Å². The zero-order valence-corrected chi connectivity index (χ0v) is 15.8. The van der Waals surface area contributed by atoms with E-state index < -0.39 is 6.04 Å². The molecule has 0 saturated heterocycles. The van der Waals surface area contributed by atoms with E-state index >= 15 is 0 Å². The molecule has 1 amide bonds. The fourth-order valence-electron chi connectivity index (χ4n) is 2.53. The van der Waals surface area contributed by atoms with Crippen LogP contribution in [0.5, 0.6) is 11.6 Å². The molecule has 0 bridgehead atoms. The van der Waals surface area contributed by atoms with Gasteiger partial charge in [-0.1, -0.05) is 36.4 Å². The maximum absolute atomic E-state index is 12.6. The molecule has 1 aromatic heterocycles. The van der Waals surface area contributed by atoms with Crippen molar-refractivity contribution in [2.45, 2.75) is 12.6 Å². The van der Waals surface area contributed by atoms with Crippen molar-refractivity contribution >= 4 is 18.3 Å². The van der Waals surface area contributed by atoms with E-state index in [1.54, 1.807) is 30.3 Å². The van der Waals surface area contributed by atoms with Crippen LogP contribution in [-0.2, 0) is 6.54 Å². The first-order valence-corrected chi connectivity index (χ1v) is 8.45. The van der Waals surface area contributed by atoms with E-state index in [4.69, 9.17) is 10.5 Å². The first-order chi connectivity index (χ1) is 13.2. The third-order valence-corrected chi connectivity index (χ3v) is 3.92. The molecular weight excluding hydrogens is 380 g/mol. The molecule has 1 atom stereocenters. The Bertz CT molecular complexity index is 909. The minimum Gasteiger partial charge on any atom is -0.439 e. The molecule has 0 saturated carbocycles. The number of rotatable bonds is 7. The van der Waals surface area contributed by atoms with E-state index in [2.05, 4.69) is 15.3 Å². The molecule has 4 N–H and O–H groups in total. The smallest absolute Gasteiger partial charge is 0.251 e. The highest BCUT2D eigenvalue weighted by Crippen LogP contribution is 2.21. The summed E-state index contributed by atoms with van der Waals surface area (Å²) < 4.78 is 5.69. The normalized spacial score (nSPS) is 11.2. The largest absolute Gasteiger partial charge is 0.439 e. The van der Waals surface area contributed by atoms with Crippen LogP contribution in [-0.4, -0.2) is 27.6 Å². The molecular formula is C20H21ClN4O3. The van der Waals surface area contributed by atoms with Gasteiger partial charge in [-0.3, -0.25) is 4.79 Å². The van der Waals surface area contributed by atoms with Crippen molar-refractivity contribution in [3.63, 3.8) is 0 Å². The molecule has 0 spiro atoms. The Morgan fingerprint density at radius 1 is 1.11 bits per heavy atom. The number of nitrogens with one attached hydrogen (secondary N) is 1. The lowest BCUT2D eigenvalue weighted by molar-refractivity contribution is 0.0916. The summed E-state index contributed by atoms with van der Waals surface area (Å²) in [4.78, 5) is 20.6. The van der Waals surface area contributed by atoms with Crippen molar-refractivity contribution in [3.05, 3.63) is 83.8 Å². The second-order valence-corrected chi connectivity index (χ2v) is 5.80. The Morgan fingerprint density at radius 3 is 2.61 bits per heavy atom. The maximum Gasteiger partial charge on any atom is 0.251 e. The van der Waals surface area contributed by atoms with Crippen LogP contribution in [0.15, 0.2) is 67.0 Å². The number of ether oxygens (including phenoxy) is 1. The molecule has 1 heterocycles. The minimum atomic E-state index is -0.489. The third kappa shape index (κ3) is 5.50. The molecule has 3 rings (SSSR count). The quantitative estimate of drug-likeness (QED) is 0.562. The molecule has 146 valence electrons. The van der Waals surface area contributed by atoms with Crippen molar-refractivity contribution in [3.8, 4) is 11.6 Å². The van der Waals surface area contributed by atoms with Gasteiger partial charge in [0.25, 0.3) is 5.91 Å². The van der Waals surface area contributed by atoms with Gasteiger partial charge in [0.1, 0.15) is 12.1 Å². The van der Waals surface area contributed by atoms with Gasteiger partial charge in [-0.15, -0.1) is 12.4 Å². The van der Waals surface area contributed by atoms with Gasteiger partial charge in [-0.25, -0.2) is 9.97 Å². The lowest BCUT2D eigenvalue weighted by Crippen LogP contribution is -2.30. The van der Waals surface area contributed by atoms with E-state index in [9.17, 15) is 9.90 Å². The van der Waals surface area contributed by atoms with Crippen molar-refractivity contribution in [2.75, 3.05) is 6.61 Å². The lowest BCUT2D eigenvalue weighted by Gasteiger charge is -2.17. The van der Waals surface area contributed by atoms with Crippen LogP contribution in [0.25, 0.3) is 0 Å². The van der Waals surface area contributed by atoms with E-state index in [1.165, 1.54) is 6.33 Å². The van der Waals surface area contributed by atoms with Crippen LogP contribution in [0.4, 0.5) is 0 Å². The van der Waals surface area contributed by atoms with E-state index in [1.807, 2.05) is 30.3 Å². The fraction of sp³-hybridized carbons (Fsp3) is 0.150. The van der Waals surface area contributed by atoms with E-state index in [-0.39, 0.29) is 31.5 Å². The number of hydrogen-bond acceptors (Lipinski definition) is 6. The molecule has 3 aromatic rings. The Hall–Kier alpha value is -3.00. The van der Waals surface area contributed by atoms with Gasteiger partial charge in [0.05, 0.1) is 18.3 Å². The number of nitrogens with zero attached hydrogens (tertiary/aromatic N) is 2. The monoisotopic (exact) mass is 400 g/mol. The van der Waals surface area contributed by atoms with Gasteiger partial charge in [0.15, 0.2) is 0 Å². The van der Waals surface area contributed by atoms with Gasteiger partial charge >= 0.3 is 0 Å². The standard InChI is InChI=1S/C20H20N4O3.ClH/c21-11-16-10-19(23-13-22-16)27-17-8-4-7-15(9-17)20(26)24-18(12-25)14-5-2-1-3-6-14;/h1-10,13,18,25H,11-12,21H2,(H,24,26);1H/t18-;/m0./s1. The summed E-state index contributed by atoms with van der Waals surface area (Å²) >= 11 is 0. The van der Waals surface area contributed by atoms with Gasteiger partial charge in [-0.05, 0) is 23.8 Å². The third-order valence-electron chi connectivity index (χ3n) is 3.92. The minimum absolute atomic E-state index is 0. The summed E-state index contributed by atoms with van der Waals surface area (Å²) in [6.45, 7) is 0.0815. The molecule has 0 unspecified atom stereocenters. The number of carbonyl (C=O) groups excluding carboxylic acids is 1. The number of halogens is 1. The van der Waals surface area contributed by atoms with Crippen LogP contribution in [0.2, 0.25) is 0 Å². The SMILES string of the molecule is Cl.NCc1cc(Oc2cccc(C(=O)N[C@@H](CO)c3ccccc3)c2)ncn1. The summed E-state index contributed by atoms with van der Waals surface area (Å²) in [6, 6.07) is 17.2. The zero-order valence-electron chi connectivity index (χ0n) is 15.0. The second kappa shape index (κ2) is 10.4. The van der Waals surface area contributed by atoms with Crippen LogP contribution >= 0.6 is 12.4 Å². The van der Waals surface area contributed by atoms with Crippen LogP contribution < -0.4 is 15.8 Å². The molecule has 2 aromatic carbocycles. The number of carbonyl (C=O) groups is 1. The summed E-state index contributed by atoms with van der Waals surface area (Å²) in [5, 5.41) is 12.4. The first kappa shape index (κ1) is 21.3. The molecule has 0 aliphatic heterocycles. The molecule has 0 aliphatic carbocycles. The molecule has 0 radical (unpaired) electrons. The molecule has 0 aliphatic rings. The number of aromatic nitrogens is 2. The van der Waals surface area contributed by atoms with Gasteiger partial charge < -0.3 is 20.9 Å². The number of aliphatic hydroxyl groups excluding tert-OH is 1. The number of aliphatic hydroxyl groups is 1. The topological polar surface area (TPSA) is 110 Å². The van der Waals surface area contributed by atoms with Crippen molar-refractivity contribution < 1.29 is 14.6 Å². The number of benzene rings is 2. The predicted octanol–water partition coefficient (Wildman–Crippen LogP) is 2.61. The summed E-state index contributed by atoms with van der Waals surface area (Å²) in [5.41, 5.74) is 7.46. The number of amides is 1. The lowest BCUT2D eigenvalue weighted by atomic mass is 10.1. The average molecular weight is 401 g/mol. The van der Waals surface area contributed by atoms with Crippen molar-refractivity contribution in [1.29, 1.82) is 0 Å². The summed E-state index contributed by atoms with van der Waals surface area (Å²) in [6.07, 6.45) is 1.37. The highest BCUT2D eigenvalue weighted by molar-refractivity contribution is 5.94. The molecule has 0 fully saturated rings. The van der Waals surface area contributed by atoms with Crippen LogP contribution in [0.1, 0.15) is 27.7 Å². The van der Waals surface area contributed by atoms with Gasteiger partial charge in [-0.2, -0.15) is 0 Å². The zero-order chi connectivity index (χ0) is 19.1. The summed E-state index contributed by atoms with van der Waals surface area (Å²) in [7, 11) is 0. The first-order valence-electron chi connectivity index (χ1n) is 8.45. The van der Waals surface area contributed by atoms with Gasteiger partial charge in [0.2, 0.25) is 5.88 Å². The van der Waals surface area contributed by atoms with Crippen molar-refractivity contribution in [1.82, 2.24) is 15.3 Å². The van der Waals surface area contributed by atoms with E-state index in [0.29, 0.717) is 22.9 Å². The summed E-state index contributed by atoms with van der Waals surface area (Å²) in [5.74, 6) is 0.499. The van der Waals surface area contributed by atoms with Crippen LogP contribution in [0.3, 0.4) is 0 Å². The number of nitrogens with two attached hydrogens (primary N) is 1. The Balaban J connectivity index is 0.00000280. The maximum atomic E-state index is 12.6. The molecule has 7 nitrogen and oxygen atoms in total. The predicted molar refractivity (Wildman–Crippen MR) is 107 cm³/mol. The average Bonchev–Trinajstić information content (AvgIpc) is 2.72. The Kier molecular flexibility index (Phi) is 7.88. The van der Waals surface area contributed by atoms with Gasteiger partial charge in [0, 0.05) is 18.2 Å². The fourth-order valence-corrected chi connectivity index (χ4v) is 2.53. The Labute approximate surface area is 169 Å². The highest BCUT2D eigenvalue weighted by Gasteiger charge is 2.15. The molecule has 8 heteroatoms. The second-order valence-electron chi connectivity index (χ2n) is 5.80. The van der Waals surface area contributed by atoms with Crippen LogP contribution in [0, 0.1) is 0 Å². The highest BCUT2D eigenvalue weighted by atomic mass is 35.5. The Morgan fingerprint density at radius 2 is 1.89 bits per heavy atom. The number of hydrogen-bond donors (Lipinski definition) is 3.